The molecule has 2 N–H and O–H groups in total. The number of nitrogens with zero attached hydrogens (tertiary/aromatic N) is 1. The molecule has 5 heteroatoms. The van der Waals surface area contributed by atoms with Crippen molar-refractivity contribution in [2.45, 2.75) is 25.5 Å². The Morgan fingerprint density at radius 3 is 2.68 bits per heavy atom. The van der Waals surface area contributed by atoms with Gasteiger partial charge in [-0.15, -0.1) is 0 Å². The highest BCUT2D eigenvalue weighted by Gasteiger charge is 2.35. The molecule has 0 saturated heterocycles. The quantitative estimate of drug-likeness (QED) is 0.885. The van der Waals surface area contributed by atoms with Crippen LogP contribution in [0.2, 0.25) is 0 Å². The summed E-state index contributed by atoms with van der Waals surface area (Å²) < 4.78 is 11.2. The topological polar surface area (TPSA) is 64.8 Å². The monoisotopic (exact) mass is 264 g/mol. The van der Waals surface area contributed by atoms with E-state index in [9.17, 15) is 4.79 Å². The number of ether oxygens (including phenoxy) is 2. The van der Waals surface area contributed by atoms with Crippen molar-refractivity contribution in [3.63, 3.8) is 0 Å². The first-order valence-electron chi connectivity index (χ1n) is 6.32. The standard InChI is InChI=1S/C14H20N2O3/c1-14(2,9-15)16(3)13(17)12-8-18-10-6-4-5-7-11(10)19-12/h4-7,12H,8-9,15H2,1-3H3. The molecular formula is C14H20N2O3. The number of carbonyl (C=O) groups excluding carboxylic acids is 1. The lowest BCUT2D eigenvalue weighted by atomic mass is 10.0. The SMILES string of the molecule is CN(C(=O)C1COc2ccccc2O1)C(C)(C)CN. The Morgan fingerprint density at radius 2 is 2.05 bits per heavy atom. The van der Waals surface area contributed by atoms with Crippen LogP contribution in [0.25, 0.3) is 0 Å². The first-order chi connectivity index (χ1) is 8.95. The van der Waals surface area contributed by atoms with E-state index in [1.807, 2.05) is 32.0 Å². The van der Waals surface area contributed by atoms with E-state index in [4.69, 9.17) is 15.2 Å². The lowest BCUT2D eigenvalue weighted by Gasteiger charge is -2.37. The van der Waals surface area contributed by atoms with Crippen molar-refractivity contribution in [1.29, 1.82) is 0 Å². The minimum absolute atomic E-state index is 0.120. The molecule has 1 aliphatic rings. The lowest BCUT2D eigenvalue weighted by Crippen LogP contribution is -2.55. The largest absolute Gasteiger partial charge is 0.485 e. The minimum Gasteiger partial charge on any atom is -0.485 e. The highest BCUT2D eigenvalue weighted by molar-refractivity contribution is 5.82. The zero-order valence-corrected chi connectivity index (χ0v) is 11.6. The highest BCUT2D eigenvalue weighted by atomic mass is 16.6. The molecule has 5 nitrogen and oxygen atoms in total. The van der Waals surface area contributed by atoms with E-state index in [0.29, 0.717) is 18.0 Å². The normalized spacial score (nSPS) is 18.0. The van der Waals surface area contributed by atoms with Gasteiger partial charge in [0.15, 0.2) is 11.5 Å². The van der Waals surface area contributed by atoms with E-state index in [1.165, 1.54) is 0 Å². The van der Waals surface area contributed by atoms with Crippen LogP contribution in [0.1, 0.15) is 13.8 Å². The zero-order valence-electron chi connectivity index (χ0n) is 11.6. The van der Waals surface area contributed by atoms with E-state index < -0.39 is 11.6 Å². The van der Waals surface area contributed by atoms with Crippen LogP contribution in [0.15, 0.2) is 24.3 Å². The molecule has 1 aliphatic heterocycles. The first-order valence-corrected chi connectivity index (χ1v) is 6.32. The van der Waals surface area contributed by atoms with Crippen LogP contribution in [0.5, 0.6) is 11.5 Å². The highest BCUT2D eigenvalue weighted by Crippen LogP contribution is 2.31. The van der Waals surface area contributed by atoms with Crippen LogP contribution >= 0.6 is 0 Å². The molecule has 104 valence electrons. The van der Waals surface area contributed by atoms with E-state index in [-0.39, 0.29) is 12.5 Å². The summed E-state index contributed by atoms with van der Waals surface area (Å²) in [5.74, 6) is 1.16. The number of hydrogen-bond acceptors (Lipinski definition) is 4. The third-order valence-electron chi connectivity index (χ3n) is 3.52. The van der Waals surface area contributed by atoms with Crippen molar-refractivity contribution in [1.82, 2.24) is 4.90 Å². The second kappa shape index (κ2) is 5.09. The van der Waals surface area contributed by atoms with Gasteiger partial charge in [-0.25, -0.2) is 0 Å². The maximum absolute atomic E-state index is 12.4. The zero-order chi connectivity index (χ0) is 14.0. The Balaban J connectivity index is 2.11. The number of nitrogens with two attached hydrogens (primary N) is 1. The first kappa shape index (κ1) is 13.7. The number of para-hydroxylation sites is 2. The molecule has 1 atom stereocenters. The van der Waals surface area contributed by atoms with Gasteiger partial charge in [-0.1, -0.05) is 12.1 Å². The van der Waals surface area contributed by atoms with E-state index in [0.717, 1.165) is 0 Å². The number of carbonyl (C=O) groups is 1. The van der Waals surface area contributed by atoms with Gasteiger partial charge < -0.3 is 20.1 Å². The molecule has 2 rings (SSSR count). The third-order valence-corrected chi connectivity index (χ3v) is 3.52. The predicted molar refractivity (Wildman–Crippen MR) is 72.3 cm³/mol. The molecule has 0 spiro atoms. The molecule has 1 aromatic carbocycles. The summed E-state index contributed by atoms with van der Waals surface area (Å²) in [5.41, 5.74) is 5.28. The van der Waals surface area contributed by atoms with Gasteiger partial charge in [0.25, 0.3) is 5.91 Å². The van der Waals surface area contributed by atoms with Gasteiger partial charge in [-0.05, 0) is 26.0 Å². The van der Waals surface area contributed by atoms with Crippen LogP contribution in [0.3, 0.4) is 0 Å². The summed E-state index contributed by atoms with van der Waals surface area (Å²) >= 11 is 0. The Kier molecular flexibility index (Phi) is 3.66. The Labute approximate surface area is 113 Å². The maximum atomic E-state index is 12.4. The second-order valence-corrected chi connectivity index (χ2v) is 5.28. The van der Waals surface area contributed by atoms with Crippen LogP contribution in [0, 0.1) is 0 Å². The number of fused-ring (bicyclic) bond motifs is 1. The fourth-order valence-electron chi connectivity index (χ4n) is 1.79. The molecular weight excluding hydrogens is 244 g/mol. The molecule has 0 radical (unpaired) electrons. The van der Waals surface area contributed by atoms with Crippen molar-refractivity contribution in [3.8, 4) is 11.5 Å². The van der Waals surface area contributed by atoms with Gasteiger partial charge in [0, 0.05) is 19.1 Å². The van der Waals surface area contributed by atoms with Crippen LogP contribution in [-0.2, 0) is 4.79 Å². The summed E-state index contributed by atoms with van der Waals surface area (Å²) in [6.45, 7) is 4.45. The summed E-state index contributed by atoms with van der Waals surface area (Å²) in [4.78, 5) is 14.0. The van der Waals surface area contributed by atoms with Crippen molar-refractivity contribution in [2.24, 2.45) is 5.73 Å². The molecule has 1 amide bonds. The number of hydrogen-bond donors (Lipinski definition) is 1. The van der Waals surface area contributed by atoms with Crippen molar-refractivity contribution < 1.29 is 14.3 Å². The van der Waals surface area contributed by atoms with Crippen LogP contribution in [0.4, 0.5) is 0 Å². The molecule has 1 aromatic rings. The number of rotatable bonds is 3. The van der Waals surface area contributed by atoms with Gasteiger partial charge in [0.05, 0.1) is 0 Å². The molecule has 0 saturated carbocycles. The molecule has 19 heavy (non-hydrogen) atoms. The number of benzene rings is 1. The average Bonchev–Trinajstić information content (AvgIpc) is 2.45. The maximum Gasteiger partial charge on any atom is 0.267 e. The van der Waals surface area contributed by atoms with Crippen molar-refractivity contribution >= 4 is 5.91 Å². The Morgan fingerprint density at radius 1 is 1.42 bits per heavy atom. The van der Waals surface area contributed by atoms with E-state index in [2.05, 4.69) is 0 Å². The Hall–Kier alpha value is -1.75. The molecule has 0 aromatic heterocycles. The molecule has 1 heterocycles. The minimum atomic E-state index is -0.620. The summed E-state index contributed by atoms with van der Waals surface area (Å²) in [6, 6.07) is 7.34. The van der Waals surface area contributed by atoms with Gasteiger partial charge in [-0.3, -0.25) is 4.79 Å². The lowest BCUT2D eigenvalue weighted by molar-refractivity contribution is -0.144. The number of likely N-dealkylation sites (N-methyl/N-ethyl adjacent to an activating group) is 1. The predicted octanol–water partition coefficient (Wildman–Crippen LogP) is 1.02. The molecule has 0 aliphatic carbocycles. The smallest absolute Gasteiger partial charge is 0.267 e. The van der Waals surface area contributed by atoms with E-state index >= 15 is 0 Å². The van der Waals surface area contributed by atoms with Gasteiger partial charge in [0.1, 0.15) is 6.61 Å². The second-order valence-electron chi connectivity index (χ2n) is 5.28. The van der Waals surface area contributed by atoms with Crippen LogP contribution in [-0.4, -0.2) is 42.6 Å². The average molecular weight is 264 g/mol. The summed E-state index contributed by atoms with van der Waals surface area (Å²) in [5, 5.41) is 0. The van der Waals surface area contributed by atoms with Crippen molar-refractivity contribution in [2.75, 3.05) is 20.2 Å². The molecule has 0 fully saturated rings. The van der Waals surface area contributed by atoms with E-state index in [1.54, 1.807) is 18.0 Å². The third kappa shape index (κ3) is 2.66. The Bertz CT molecular complexity index is 474. The molecule has 1 unspecified atom stereocenters. The summed E-state index contributed by atoms with van der Waals surface area (Å²) in [7, 11) is 1.74. The summed E-state index contributed by atoms with van der Waals surface area (Å²) in [6.07, 6.45) is -0.620. The fourth-order valence-corrected chi connectivity index (χ4v) is 1.79. The number of amides is 1. The van der Waals surface area contributed by atoms with Gasteiger partial charge in [0.2, 0.25) is 6.10 Å². The van der Waals surface area contributed by atoms with Crippen LogP contribution < -0.4 is 15.2 Å². The van der Waals surface area contributed by atoms with Gasteiger partial charge >= 0.3 is 0 Å². The van der Waals surface area contributed by atoms with Gasteiger partial charge in [-0.2, -0.15) is 0 Å². The van der Waals surface area contributed by atoms with Crippen molar-refractivity contribution in [3.05, 3.63) is 24.3 Å². The fraction of sp³-hybridized carbons (Fsp3) is 0.500. The molecule has 0 bridgehead atoms.